The molecule has 132 valence electrons. The quantitative estimate of drug-likeness (QED) is 0.499. The fourth-order valence-corrected chi connectivity index (χ4v) is 1.60. The zero-order valence-electron chi connectivity index (χ0n) is 13.6. The van der Waals surface area contributed by atoms with Crippen molar-refractivity contribution in [1.29, 1.82) is 0 Å². The Morgan fingerprint density at radius 3 is 1.78 bits per heavy atom. The van der Waals surface area contributed by atoms with Gasteiger partial charge in [0.15, 0.2) is 6.61 Å². The van der Waals surface area contributed by atoms with Crippen molar-refractivity contribution >= 4 is 17.8 Å². The van der Waals surface area contributed by atoms with Gasteiger partial charge in [-0.25, -0.2) is 4.79 Å². The minimum Gasteiger partial charge on any atom is -0.454 e. The normalized spacial score (nSPS) is 21.6. The van der Waals surface area contributed by atoms with E-state index < -0.39 is 5.97 Å². The number of amides is 2. The molecule has 0 aromatic rings. The number of esters is 1. The van der Waals surface area contributed by atoms with Crippen LogP contribution in [0.2, 0.25) is 0 Å². The average molecular weight is 332 g/mol. The fraction of sp³-hybridized carbons (Fsp3) is 0.786. The molecule has 1 fully saturated rings. The molecule has 2 amide bonds. The molecule has 23 heavy (non-hydrogen) atoms. The van der Waals surface area contributed by atoms with Crippen LogP contribution in [0.1, 0.15) is 0 Å². The third kappa shape index (κ3) is 8.48. The van der Waals surface area contributed by atoms with Gasteiger partial charge in [0.05, 0.1) is 26.4 Å². The van der Waals surface area contributed by atoms with E-state index >= 15 is 0 Å². The van der Waals surface area contributed by atoms with Crippen LogP contribution in [-0.4, -0.2) is 101 Å². The second-order valence-electron chi connectivity index (χ2n) is 5.01. The number of carbonyl (C=O) groups excluding carboxylic acids is 3. The predicted molar refractivity (Wildman–Crippen MR) is 78.7 cm³/mol. The molecule has 0 spiro atoms. The summed E-state index contributed by atoms with van der Waals surface area (Å²) >= 11 is 0. The van der Waals surface area contributed by atoms with E-state index in [1.807, 2.05) is 0 Å². The van der Waals surface area contributed by atoms with Gasteiger partial charge < -0.3 is 28.7 Å². The first-order valence-corrected chi connectivity index (χ1v) is 7.37. The molecule has 0 unspecified atom stereocenters. The maximum atomic E-state index is 11.7. The first kappa shape index (κ1) is 19.3. The summed E-state index contributed by atoms with van der Waals surface area (Å²) < 4.78 is 20.5. The Bertz CT molecular complexity index is 403. The average Bonchev–Trinajstić information content (AvgIpc) is 2.53. The van der Waals surface area contributed by atoms with Crippen molar-refractivity contribution in [3.05, 3.63) is 0 Å². The lowest BCUT2D eigenvalue weighted by molar-refractivity contribution is -0.156. The van der Waals surface area contributed by atoms with Gasteiger partial charge in [0, 0.05) is 27.2 Å². The van der Waals surface area contributed by atoms with Crippen LogP contribution in [0.4, 0.5) is 0 Å². The van der Waals surface area contributed by atoms with Gasteiger partial charge in [-0.1, -0.05) is 0 Å². The van der Waals surface area contributed by atoms with Gasteiger partial charge in [-0.2, -0.15) is 0 Å². The Labute approximate surface area is 135 Å². The Morgan fingerprint density at radius 2 is 1.22 bits per heavy atom. The first-order chi connectivity index (χ1) is 11.0. The van der Waals surface area contributed by atoms with Gasteiger partial charge in [0.2, 0.25) is 5.91 Å². The lowest BCUT2D eigenvalue weighted by atomic mass is 10.5. The summed E-state index contributed by atoms with van der Waals surface area (Å²) in [5, 5.41) is 0. The van der Waals surface area contributed by atoms with E-state index in [0.717, 1.165) is 0 Å². The van der Waals surface area contributed by atoms with Gasteiger partial charge in [-0.05, 0) is 0 Å². The number of likely N-dealkylation sites (N-methyl/N-ethyl adjacent to an activating group) is 2. The van der Waals surface area contributed by atoms with E-state index in [0.29, 0.717) is 39.5 Å². The van der Waals surface area contributed by atoms with Crippen molar-refractivity contribution in [3.63, 3.8) is 0 Å². The molecule has 0 aliphatic carbocycles. The van der Waals surface area contributed by atoms with Crippen molar-refractivity contribution in [2.24, 2.45) is 0 Å². The first-order valence-electron chi connectivity index (χ1n) is 7.37. The van der Waals surface area contributed by atoms with Crippen LogP contribution in [0.15, 0.2) is 0 Å². The standard InChI is InChI=1S/C14H24N2O7/c1-15-3-5-20-7-8-21-6-4-16(2)13(18)10-23-14(19)11-22-9-12(15)17/h3-11H2,1-2H3. The number of nitrogens with zero attached hydrogens (tertiary/aromatic N) is 2. The fourth-order valence-electron chi connectivity index (χ4n) is 1.60. The Kier molecular flexibility index (Phi) is 9.18. The van der Waals surface area contributed by atoms with Crippen LogP contribution in [-0.2, 0) is 33.3 Å². The third-order valence-corrected chi connectivity index (χ3v) is 3.17. The van der Waals surface area contributed by atoms with Gasteiger partial charge in [0.1, 0.15) is 13.2 Å². The second kappa shape index (κ2) is 10.9. The highest BCUT2D eigenvalue weighted by Gasteiger charge is 2.14. The molecule has 0 atom stereocenters. The summed E-state index contributed by atoms with van der Waals surface area (Å²) in [7, 11) is 3.22. The van der Waals surface area contributed by atoms with E-state index in [-0.39, 0.29) is 31.6 Å². The minimum absolute atomic E-state index is 0.234. The maximum Gasteiger partial charge on any atom is 0.332 e. The number of rotatable bonds is 0. The summed E-state index contributed by atoms with van der Waals surface area (Å²) in [5.74, 6) is -1.30. The molecule has 0 saturated carbocycles. The molecule has 9 heteroatoms. The summed E-state index contributed by atoms with van der Waals surface area (Å²) in [6.07, 6.45) is 0. The van der Waals surface area contributed by atoms with Gasteiger partial charge >= 0.3 is 5.97 Å². The summed E-state index contributed by atoms with van der Waals surface area (Å²) in [5.41, 5.74) is 0. The van der Waals surface area contributed by atoms with E-state index in [2.05, 4.69) is 0 Å². The van der Waals surface area contributed by atoms with E-state index in [1.54, 1.807) is 14.1 Å². The van der Waals surface area contributed by atoms with Crippen molar-refractivity contribution in [3.8, 4) is 0 Å². The monoisotopic (exact) mass is 332 g/mol. The molecule has 1 saturated heterocycles. The molecular formula is C14H24N2O7. The number of ether oxygens (including phenoxy) is 4. The molecular weight excluding hydrogens is 308 g/mol. The zero-order valence-corrected chi connectivity index (χ0v) is 13.6. The third-order valence-electron chi connectivity index (χ3n) is 3.17. The number of carbonyl (C=O) groups is 3. The van der Waals surface area contributed by atoms with Gasteiger partial charge in [-0.3, -0.25) is 9.59 Å². The molecule has 1 aliphatic heterocycles. The maximum absolute atomic E-state index is 11.7. The van der Waals surface area contributed by atoms with Crippen molar-refractivity contribution < 1.29 is 33.3 Å². The van der Waals surface area contributed by atoms with E-state index in [9.17, 15) is 14.4 Å². The van der Waals surface area contributed by atoms with Crippen LogP contribution >= 0.6 is 0 Å². The van der Waals surface area contributed by atoms with Crippen LogP contribution in [0.5, 0.6) is 0 Å². The van der Waals surface area contributed by atoms with Crippen molar-refractivity contribution in [2.75, 3.05) is 73.4 Å². The SMILES string of the molecule is CN1CCOCCOCCN(C)C(=O)COC(=O)COCC1=O. The smallest absolute Gasteiger partial charge is 0.332 e. The summed E-state index contributed by atoms with van der Waals surface area (Å²) in [4.78, 5) is 37.7. The number of cyclic esters (lactones) is 1. The van der Waals surface area contributed by atoms with Gasteiger partial charge in [0.25, 0.3) is 5.91 Å². The molecule has 0 radical (unpaired) electrons. The van der Waals surface area contributed by atoms with Crippen LogP contribution < -0.4 is 0 Å². The van der Waals surface area contributed by atoms with Crippen molar-refractivity contribution in [1.82, 2.24) is 9.80 Å². The Balaban J connectivity index is 2.45. The molecule has 1 heterocycles. The minimum atomic E-state index is -0.692. The molecule has 0 aromatic carbocycles. The molecule has 9 nitrogen and oxygen atoms in total. The molecule has 0 N–H and O–H groups in total. The predicted octanol–water partition coefficient (Wildman–Crippen LogP) is -1.49. The molecule has 1 aliphatic rings. The number of hydrogen-bond acceptors (Lipinski definition) is 7. The van der Waals surface area contributed by atoms with Crippen LogP contribution in [0.25, 0.3) is 0 Å². The summed E-state index contributed by atoms with van der Waals surface area (Å²) in [6.45, 7) is 1.39. The molecule has 0 bridgehead atoms. The van der Waals surface area contributed by atoms with E-state index in [1.165, 1.54) is 9.80 Å². The van der Waals surface area contributed by atoms with Crippen LogP contribution in [0.3, 0.4) is 0 Å². The molecule has 1 rings (SSSR count). The Morgan fingerprint density at radius 1 is 0.696 bits per heavy atom. The largest absolute Gasteiger partial charge is 0.454 e. The highest BCUT2D eigenvalue weighted by Crippen LogP contribution is 1.93. The zero-order chi connectivity index (χ0) is 17.1. The Hall–Kier alpha value is -1.71. The van der Waals surface area contributed by atoms with Crippen molar-refractivity contribution in [2.45, 2.75) is 0 Å². The lowest BCUT2D eigenvalue weighted by Gasteiger charge is -2.19. The summed E-state index contributed by atoms with van der Waals surface area (Å²) in [6, 6.07) is 0. The highest BCUT2D eigenvalue weighted by molar-refractivity contribution is 5.81. The highest BCUT2D eigenvalue weighted by atomic mass is 16.6. The lowest BCUT2D eigenvalue weighted by Crippen LogP contribution is -2.36. The van der Waals surface area contributed by atoms with Crippen LogP contribution in [0, 0.1) is 0 Å². The number of hydrogen-bond donors (Lipinski definition) is 0. The topological polar surface area (TPSA) is 94.6 Å². The molecule has 0 aromatic heterocycles. The second-order valence-corrected chi connectivity index (χ2v) is 5.01. The van der Waals surface area contributed by atoms with Gasteiger partial charge in [-0.15, -0.1) is 0 Å². The van der Waals surface area contributed by atoms with E-state index in [4.69, 9.17) is 18.9 Å².